The van der Waals surface area contributed by atoms with Gasteiger partial charge in [-0.15, -0.1) is 10.2 Å². The molecule has 1 aromatic carbocycles. The highest BCUT2D eigenvalue weighted by Gasteiger charge is 2.06. The third kappa shape index (κ3) is 5.27. The minimum absolute atomic E-state index is 0.273. The first-order chi connectivity index (χ1) is 11.6. The molecule has 0 radical (unpaired) electrons. The number of amides is 1. The van der Waals surface area contributed by atoms with Crippen LogP contribution in [0, 0.1) is 0 Å². The lowest BCUT2D eigenvalue weighted by Gasteiger charge is -1.99. The Morgan fingerprint density at radius 3 is 2.67 bits per heavy atom. The fourth-order valence-electron chi connectivity index (χ4n) is 1.90. The number of ether oxygens (including phenoxy) is 1. The van der Waals surface area contributed by atoms with Crippen molar-refractivity contribution in [3.63, 3.8) is 0 Å². The highest BCUT2D eigenvalue weighted by molar-refractivity contribution is 7.15. The molecule has 0 aliphatic rings. The molecule has 2 rings (SSSR count). The van der Waals surface area contributed by atoms with Gasteiger partial charge in [0.05, 0.1) is 12.7 Å². The van der Waals surface area contributed by atoms with E-state index in [2.05, 4.69) is 27.2 Å². The summed E-state index contributed by atoms with van der Waals surface area (Å²) in [6, 6.07) is 6.77. The first-order valence-corrected chi connectivity index (χ1v) is 8.44. The van der Waals surface area contributed by atoms with E-state index in [-0.39, 0.29) is 5.91 Å². The summed E-state index contributed by atoms with van der Waals surface area (Å²) in [5.41, 5.74) is 1.27. The standard InChI is InChI=1S/C17H19N3O3S/c1-3-4-5-15-19-20-17(24-15)18-14(21)11-8-12-6-9-13(10-7-12)16(22)23-2/h6-11H,3-5H2,1-2H3,(H,18,20,21)/b11-8+. The van der Waals surface area contributed by atoms with Gasteiger partial charge in [0, 0.05) is 12.5 Å². The number of esters is 1. The second-order valence-electron chi connectivity index (χ2n) is 5.04. The largest absolute Gasteiger partial charge is 0.465 e. The van der Waals surface area contributed by atoms with E-state index in [4.69, 9.17) is 0 Å². The van der Waals surface area contributed by atoms with Crippen LogP contribution in [0.25, 0.3) is 6.08 Å². The molecule has 0 aliphatic carbocycles. The molecular weight excluding hydrogens is 326 g/mol. The van der Waals surface area contributed by atoms with Crippen LogP contribution in [0.4, 0.5) is 5.13 Å². The van der Waals surface area contributed by atoms with Crippen LogP contribution in [0.1, 0.15) is 40.7 Å². The van der Waals surface area contributed by atoms with Gasteiger partial charge in [0.2, 0.25) is 11.0 Å². The smallest absolute Gasteiger partial charge is 0.337 e. The van der Waals surface area contributed by atoms with Gasteiger partial charge in [-0.05, 0) is 30.2 Å². The molecular formula is C17H19N3O3S. The van der Waals surface area contributed by atoms with Gasteiger partial charge < -0.3 is 4.74 Å². The molecule has 1 amide bonds. The van der Waals surface area contributed by atoms with E-state index < -0.39 is 5.97 Å². The molecule has 0 saturated heterocycles. The fourth-order valence-corrected chi connectivity index (χ4v) is 2.68. The van der Waals surface area contributed by atoms with Crippen LogP contribution < -0.4 is 5.32 Å². The molecule has 1 aromatic heterocycles. The predicted octanol–water partition coefficient (Wildman–Crippen LogP) is 3.32. The third-order valence-electron chi connectivity index (χ3n) is 3.20. The summed E-state index contributed by atoms with van der Waals surface area (Å²) in [4.78, 5) is 23.2. The number of benzene rings is 1. The number of rotatable bonds is 7. The van der Waals surface area contributed by atoms with E-state index in [0.29, 0.717) is 10.7 Å². The summed E-state index contributed by atoms with van der Waals surface area (Å²) in [7, 11) is 1.33. The van der Waals surface area contributed by atoms with Crippen LogP contribution in [-0.4, -0.2) is 29.2 Å². The number of hydrogen-bond acceptors (Lipinski definition) is 6. The zero-order valence-corrected chi connectivity index (χ0v) is 14.4. The number of nitrogens with one attached hydrogen (secondary N) is 1. The van der Waals surface area contributed by atoms with Crippen molar-refractivity contribution in [2.45, 2.75) is 26.2 Å². The molecule has 0 bridgehead atoms. The molecule has 126 valence electrons. The lowest BCUT2D eigenvalue weighted by atomic mass is 10.1. The van der Waals surface area contributed by atoms with E-state index in [1.165, 1.54) is 24.5 Å². The number of anilines is 1. The minimum atomic E-state index is -0.390. The Morgan fingerprint density at radius 2 is 2.00 bits per heavy atom. The summed E-state index contributed by atoms with van der Waals surface area (Å²) < 4.78 is 4.63. The third-order valence-corrected chi connectivity index (χ3v) is 4.10. The number of nitrogens with zero attached hydrogens (tertiary/aromatic N) is 2. The van der Waals surface area contributed by atoms with Gasteiger partial charge in [0.1, 0.15) is 5.01 Å². The van der Waals surface area contributed by atoms with Crippen molar-refractivity contribution in [1.29, 1.82) is 0 Å². The summed E-state index contributed by atoms with van der Waals surface area (Å²) in [6.07, 6.45) is 6.12. The van der Waals surface area contributed by atoms with E-state index in [9.17, 15) is 9.59 Å². The topological polar surface area (TPSA) is 81.2 Å². The number of aryl methyl sites for hydroxylation is 1. The van der Waals surface area contributed by atoms with Crippen molar-refractivity contribution in [1.82, 2.24) is 10.2 Å². The predicted molar refractivity (Wildman–Crippen MR) is 94.0 cm³/mol. The van der Waals surface area contributed by atoms with Crippen molar-refractivity contribution in [2.75, 3.05) is 12.4 Å². The van der Waals surface area contributed by atoms with E-state index in [1.807, 2.05) is 0 Å². The zero-order valence-electron chi connectivity index (χ0n) is 13.6. The van der Waals surface area contributed by atoms with Crippen LogP contribution >= 0.6 is 11.3 Å². The second-order valence-corrected chi connectivity index (χ2v) is 6.10. The van der Waals surface area contributed by atoms with Crippen LogP contribution in [0.5, 0.6) is 0 Å². The molecule has 1 N–H and O–H groups in total. The summed E-state index contributed by atoms with van der Waals surface area (Å²) >= 11 is 1.39. The highest BCUT2D eigenvalue weighted by atomic mass is 32.1. The van der Waals surface area contributed by atoms with Gasteiger partial charge in [-0.3, -0.25) is 10.1 Å². The number of hydrogen-bond donors (Lipinski definition) is 1. The second kappa shape index (κ2) is 8.93. The van der Waals surface area contributed by atoms with E-state index in [1.54, 1.807) is 30.3 Å². The van der Waals surface area contributed by atoms with Gasteiger partial charge in [-0.25, -0.2) is 4.79 Å². The maximum absolute atomic E-state index is 11.9. The monoisotopic (exact) mass is 345 g/mol. The fraction of sp³-hybridized carbons (Fsp3) is 0.294. The number of methoxy groups -OCH3 is 1. The SMILES string of the molecule is CCCCc1nnc(NC(=O)/C=C/c2ccc(C(=O)OC)cc2)s1. The molecule has 0 aliphatic heterocycles. The number of aromatic nitrogens is 2. The molecule has 24 heavy (non-hydrogen) atoms. The summed E-state index contributed by atoms with van der Waals surface area (Å²) in [5.74, 6) is -0.663. The molecule has 7 heteroatoms. The van der Waals surface area contributed by atoms with Crippen molar-refractivity contribution in [2.24, 2.45) is 0 Å². The molecule has 0 atom stereocenters. The number of carbonyl (C=O) groups is 2. The number of unbranched alkanes of at least 4 members (excludes halogenated alkanes) is 1. The molecule has 0 fully saturated rings. The molecule has 0 unspecified atom stereocenters. The average Bonchev–Trinajstić information content (AvgIpc) is 3.05. The molecule has 6 nitrogen and oxygen atoms in total. The molecule has 0 spiro atoms. The Balaban J connectivity index is 1.90. The maximum Gasteiger partial charge on any atom is 0.337 e. The van der Waals surface area contributed by atoms with Gasteiger partial charge in [-0.2, -0.15) is 0 Å². The molecule has 0 saturated carbocycles. The summed E-state index contributed by atoms with van der Waals surface area (Å²) in [6.45, 7) is 2.12. The van der Waals surface area contributed by atoms with Crippen molar-refractivity contribution in [3.05, 3.63) is 46.5 Å². The minimum Gasteiger partial charge on any atom is -0.465 e. The Kier molecular flexibility index (Phi) is 6.62. The highest BCUT2D eigenvalue weighted by Crippen LogP contribution is 2.17. The first-order valence-electron chi connectivity index (χ1n) is 7.62. The zero-order chi connectivity index (χ0) is 17.4. The normalized spacial score (nSPS) is 10.8. The Morgan fingerprint density at radius 1 is 1.25 bits per heavy atom. The molecule has 2 aromatic rings. The lowest BCUT2D eigenvalue weighted by molar-refractivity contribution is -0.111. The van der Waals surface area contributed by atoms with Gasteiger partial charge in [-0.1, -0.05) is 36.8 Å². The molecule has 1 heterocycles. The Bertz CT molecular complexity index is 723. The van der Waals surface area contributed by atoms with Crippen LogP contribution in [0.2, 0.25) is 0 Å². The van der Waals surface area contributed by atoms with Crippen molar-refractivity contribution >= 4 is 34.4 Å². The van der Waals surface area contributed by atoms with E-state index in [0.717, 1.165) is 29.8 Å². The quantitative estimate of drug-likeness (QED) is 0.615. The average molecular weight is 345 g/mol. The van der Waals surface area contributed by atoms with Gasteiger partial charge in [0.25, 0.3) is 0 Å². The van der Waals surface area contributed by atoms with Crippen LogP contribution in [0.3, 0.4) is 0 Å². The number of carbonyl (C=O) groups excluding carboxylic acids is 2. The maximum atomic E-state index is 11.9. The van der Waals surface area contributed by atoms with Crippen LogP contribution in [0.15, 0.2) is 30.3 Å². The Hall–Kier alpha value is -2.54. The van der Waals surface area contributed by atoms with Crippen LogP contribution in [-0.2, 0) is 16.0 Å². The summed E-state index contributed by atoms with van der Waals surface area (Å²) in [5, 5.41) is 12.1. The van der Waals surface area contributed by atoms with Gasteiger partial charge in [0.15, 0.2) is 0 Å². The van der Waals surface area contributed by atoms with Gasteiger partial charge >= 0.3 is 5.97 Å². The Labute approximate surface area is 144 Å². The van der Waals surface area contributed by atoms with E-state index >= 15 is 0 Å². The van der Waals surface area contributed by atoms with Crippen molar-refractivity contribution in [3.8, 4) is 0 Å². The van der Waals surface area contributed by atoms with Crippen molar-refractivity contribution < 1.29 is 14.3 Å². The first kappa shape index (κ1) is 17.8. The lowest BCUT2D eigenvalue weighted by Crippen LogP contribution is -2.07.